The number of fused-ring (bicyclic) bond motifs is 1. The first-order chi connectivity index (χ1) is 7.61. The molecule has 0 fully saturated rings. The summed E-state index contributed by atoms with van der Waals surface area (Å²) in [5.41, 5.74) is 7.36. The summed E-state index contributed by atoms with van der Waals surface area (Å²) in [5.74, 6) is 0.714. The molecule has 2 aromatic rings. The second-order valence-corrected chi connectivity index (χ2v) is 4.23. The predicted octanol–water partition coefficient (Wildman–Crippen LogP) is 2.80. The zero-order valence-electron chi connectivity index (χ0n) is 9.57. The number of anilines is 1. The average molecular weight is 221 g/mol. The summed E-state index contributed by atoms with van der Waals surface area (Å²) >= 11 is 0. The van der Waals surface area contributed by atoms with Crippen LogP contribution >= 0.6 is 0 Å². The van der Waals surface area contributed by atoms with Gasteiger partial charge in [0, 0.05) is 12.6 Å². The van der Waals surface area contributed by atoms with Crippen LogP contribution in [0.25, 0.3) is 11.0 Å². The maximum Gasteiger partial charge on any atom is 0.201 e. The summed E-state index contributed by atoms with van der Waals surface area (Å²) in [7, 11) is 0. The lowest BCUT2D eigenvalue weighted by atomic mass is 10.1. The van der Waals surface area contributed by atoms with Gasteiger partial charge in [-0.05, 0) is 18.1 Å². The lowest BCUT2D eigenvalue weighted by Gasteiger charge is -2.11. The van der Waals surface area contributed by atoms with Crippen LogP contribution in [0.5, 0.6) is 0 Å². The first kappa shape index (κ1) is 10.9. The van der Waals surface area contributed by atoms with Crippen molar-refractivity contribution in [3.8, 4) is 0 Å². The van der Waals surface area contributed by atoms with Gasteiger partial charge >= 0.3 is 0 Å². The third-order valence-corrected chi connectivity index (χ3v) is 2.93. The van der Waals surface area contributed by atoms with E-state index in [1.165, 1.54) is 12.1 Å². The topological polar surface area (TPSA) is 43.8 Å². The first-order valence-electron chi connectivity index (χ1n) is 5.53. The van der Waals surface area contributed by atoms with Crippen molar-refractivity contribution in [1.29, 1.82) is 0 Å². The van der Waals surface area contributed by atoms with Gasteiger partial charge in [0.15, 0.2) is 0 Å². The Morgan fingerprint density at radius 3 is 2.94 bits per heavy atom. The van der Waals surface area contributed by atoms with E-state index in [-0.39, 0.29) is 5.82 Å². The number of nitrogens with two attached hydrogens (primary N) is 1. The molecular formula is C12H16FN3. The Labute approximate surface area is 94.1 Å². The Morgan fingerprint density at radius 1 is 1.50 bits per heavy atom. The molecule has 1 aromatic heterocycles. The number of rotatable bonds is 3. The van der Waals surface area contributed by atoms with Gasteiger partial charge < -0.3 is 10.3 Å². The van der Waals surface area contributed by atoms with E-state index >= 15 is 0 Å². The number of nitrogen functional groups attached to an aromatic ring is 1. The van der Waals surface area contributed by atoms with Gasteiger partial charge in [0.1, 0.15) is 5.82 Å². The van der Waals surface area contributed by atoms with Crippen LogP contribution in [-0.2, 0) is 6.54 Å². The summed E-state index contributed by atoms with van der Waals surface area (Å²) in [6.45, 7) is 5.12. The van der Waals surface area contributed by atoms with Crippen LogP contribution in [0.2, 0.25) is 0 Å². The Bertz CT molecular complexity index is 504. The minimum Gasteiger partial charge on any atom is -0.369 e. The molecule has 0 aliphatic carbocycles. The highest BCUT2D eigenvalue weighted by atomic mass is 19.1. The van der Waals surface area contributed by atoms with E-state index in [1.54, 1.807) is 6.07 Å². The van der Waals surface area contributed by atoms with E-state index in [0.717, 1.165) is 18.5 Å². The van der Waals surface area contributed by atoms with Crippen LogP contribution in [0, 0.1) is 11.7 Å². The van der Waals surface area contributed by atoms with Crippen LogP contribution < -0.4 is 5.73 Å². The van der Waals surface area contributed by atoms with E-state index in [4.69, 9.17) is 5.73 Å². The summed E-state index contributed by atoms with van der Waals surface area (Å²) in [5, 5.41) is 0. The van der Waals surface area contributed by atoms with Gasteiger partial charge in [-0.25, -0.2) is 9.37 Å². The SMILES string of the molecule is CCC(C)Cn1c(N)nc2cc(F)ccc21. The maximum atomic E-state index is 13.0. The number of halogens is 1. The molecule has 16 heavy (non-hydrogen) atoms. The van der Waals surface area contributed by atoms with Crippen LogP contribution in [0.1, 0.15) is 20.3 Å². The highest BCUT2D eigenvalue weighted by Gasteiger charge is 2.10. The zero-order chi connectivity index (χ0) is 11.7. The third-order valence-electron chi connectivity index (χ3n) is 2.93. The van der Waals surface area contributed by atoms with Crippen molar-refractivity contribution in [2.75, 3.05) is 5.73 Å². The van der Waals surface area contributed by atoms with Gasteiger partial charge in [-0.3, -0.25) is 0 Å². The smallest absolute Gasteiger partial charge is 0.201 e. The van der Waals surface area contributed by atoms with Gasteiger partial charge in [-0.15, -0.1) is 0 Å². The molecule has 0 bridgehead atoms. The molecule has 0 aliphatic rings. The second kappa shape index (κ2) is 4.12. The van der Waals surface area contributed by atoms with Gasteiger partial charge in [-0.2, -0.15) is 0 Å². The minimum atomic E-state index is -0.277. The first-order valence-corrected chi connectivity index (χ1v) is 5.53. The Hall–Kier alpha value is -1.58. The molecular weight excluding hydrogens is 205 g/mol. The van der Waals surface area contributed by atoms with Crippen LogP contribution in [0.3, 0.4) is 0 Å². The molecule has 1 unspecified atom stereocenters. The average Bonchev–Trinajstić information content (AvgIpc) is 2.54. The predicted molar refractivity (Wildman–Crippen MR) is 63.6 cm³/mol. The fourth-order valence-corrected chi connectivity index (χ4v) is 1.75. The fourth-order valence-electron chi connectivity index (χ4n) is 1.75. The van der Waals surface area contributed by atoms with Crippen molar-refractivity contribution in [2.24, 2.45) is 5.92 Å². The lowest BCUT2D eigenvalue weighted by molar-refractivity contribution is 0.479. The van der Waals surface area contributed by atoms with E-state index < -0.39 is 0 Å². The number of hydrogen-bond acceptors (Lipinski definition) is 2. The Balaban J connectivity index is 2.47. The zero-order valence-corrected chi connectivity index (χ0v) is 9.57. The number of aromatic nitrogens is 2. The van der Waals surface area contributed by atoms with Crippen molar-refractivity contribution in [3.05, 3.63) is 24.0 Å². The van der Waals surface area contributed by atoms with Crippen molar-refractivity contribution >= 4 is 17.0 Å². The van der Waals surface area contributed by atoms with Crippen molar-refractivity contribution < 1.29 is 4.39 Å². The molecule has 2 N–H and O–H groups in total. The molecule has 2 rings (SSSR count). The highest BCUT2D eigenvalue weighted by molar-refractivity contribution is 5.78. The Morgan fingerprint density at radius 2 is 2.25 bits per heavy atom. The molecule has 0 aliphatic heterocycles. The molecule has 0 saturated heterocycles. The number of benzene rings is 1. The summed E-state index contributed by atoms with van der Waals surface area (Å²) < 4.78 is 15.0. The van der Waals surface area contributed by atoms with E-state index in [0.29, 0.717) is 17.4 Å². The molecule has 86 valence electrons. The van der Waals surface area contributed by atoms with Crippen molar-refractivity contribution in [1.82, 2.24) is 9.55 Å². The summed E-state index contributed by atoms with van der Waals surface area (Å²) in [6, 6.07) is 4.59. The van der Waals surface area contributed by atoms with Gasteiger partial charge in [-0.1, -0.05) is 20.3 Å². The Kier molecular flexibility index (Phi) is 2.81. The molecule has 1 aromatic carbocycles. The number of hydrogen-bond donors (Lipinski definition) is 1. The summed E-state index contributed by atoms with van der Waals surface area (Å²) in [4.78, 5) is 4.16. The van der Waals surface area contributed by atoms with Crippen LogP contribution in [0.15, 0.2) is 18.2 Å². The molecule has 0 saturated carbocycles. The molecule has 4 heteroatoms. The quantitative estimate of drug-likeness (QED) is 0.866. The summed E-state index contributed by atoms with van der Waals surface area (Å²) in [6.07, 6.45) is 1.08. The van der Waals surface area contributed by atoms with E-state index in [1.807, 2.05) is 4.57 Å². The molecule has 0 amide bonds. The van der Waals surface area contributed by atoms with Gasteiger partial charge in [0.05, 0.1) is 11.0 Å². The maximum absolute atomic E-state index is 13.0. The van der Waals surface area contributed by atoms with Gasteiger partial charge in [0.2, 0.25) is 5.95 Å². The lowest BCUT2D eigenvalue weighted by Crippen LogP contribution is -2.09. The molecule has 0 radical (unpaired) electrons. The molecule has 3 nitrogen and oxygen atoms in total. The van der Waals surface area contributed by atoms with Gasteiger partial charge in [0.25, 0.3) is 0 Å². The number of imidazole rings is 1. The molecule has 1 heterocycles. The van der Waals surface area contributed by atoms with Crippen molar-refractivity contribution in [2.45, 2.75) is 26.8 Å². The van der Waals surface area contributed by atoms with E-state index in [9.17, 15) is 4.39 Å². The molecule has 0 spiro atoms. The van der Waals surface area contributed by atoms with Crippen LogP contribution in [0.4, 0.5) is 10.3 Å². The normalized spacial score (nSPS) is 13.2. The fraction of sp³-hybridized carbons (Fsp3) is 0.417. The monoisotopic (exact) mass is 221 g/mol. The standard InChI is InChI=1S/C12H16FN3/c1-3-8(2)7-16-11-5-4-9(13)6-10(11)15-12(16)14/h4-6,8H,3,7H2,1-2H3,(H2,14,15). The van der Waals surface area contributed by atoms with E-state index in [2.05, 4.69) is 18.8 Å². The highest BCUT2D eigenvalue weighted by Crippen LogP contribution is 2.20. The van der Waals surface area contributed by atoms with Crippen molar-refractivity contribution in [3.63, 3.8) is 0 Å². The number of nitrogens with zero attached hydrogens (tertiary/aromatic N) is 2. The van der Waals surface area contributed by atoms with Crippen LogP contribution in [-0.4, -0.2) is 9.55 Å². The minimum absolute atomic E-state index is 0.277. The largest absolute Gasteiger partial charge is 0.369 e. The second-order valence-electron chi connectivity index (χ2n) is 4.23. The molecule has 1 atom stereocenters. The third kappa shape index (κ3) is 1.87.